The third kappa shape index (κ3) is 1.88. The normalized spacial score (nSPS) is 20.1. The molecule has 5 heteroatoms. The molecular weight excluding hydrogens is 228 g/mol. The van der Waals surface area contributed by atoms with Gasteiger partial charge in [-0.15, -0.1) is 0 Å². The average molecular weight is 239 g/mol. The van der Waals surface area contributed by atoms with Crippen molar-refractivity contribution < 1.29 is 9.59 Å². The van der Waals surface area contributed by atoms with E-state index in [1.807, 2.05) is 6.07 Å². The molecule has 0 aliphatic carbocycles. The van der Waals surface area contributed by atoms with E-state index in [4.69, 9.17) is 11.6 Å². The van der Waals surface area contributed by atoms with Crippen molar-refractivity contribution in [2.45, 2.75) is 19.5 Å². The lowest BCUT2D eigenvalue weighted by Crippen LogP contribution is -2.30. The van der Waals surface area contributed by atoms with E-state index in [-0.39, 0.29) is 18.5 Å². The molecule has 1 N–H and O–H groups in total. The van der Waals surface area contributed by atoms with Crippen LogP contribution in [0.1, 0.15) is 12.5 Å². The van der Waals surface area contributed by atoms with Crippen LogP contribution >= 0.6 is 11.6 Å². The Morgan fingerprint density at radius 3 is 2.62 bits per heavy atom. The van der Waals surface area contributed by atoms with Crippen molar-refractivity contribution in [2.24, 2.45) is 0 Å². The molecule has 1 unspecified atom stereocenters. The summed E-state index contributed by atoms with van der Waals surface area (Å²) in [6, 6.07) is 6.35. The molecule has 4 nitrogen and oxygen atoms in total. The fourth-order valence-electron chi connectivity index (χ4n) is 1.61. The van der Waals surface area contributed by atoms with Crippen LogP contribution in [0.5, 0.6) is 0 Å². The number of hydrogen-bond donors (Lipinski definition) is 1. The summed E-state index contributed by atoms with van der Waals surface area (Å²) in [6.45, 7) is 1.88. The zero-order valence-electron chi connectivity index (χ0n) is 8.74. The summed E-state index contributed by atoms with van der Waals surface area (Å²) < 4.78 is 0. The molecule has 1 fully saturated rings. The zero-order chi connectivity index (χ0) is 11.7. The SMILES string of the molecule is CC1NC(=O)N(Cc2ccccc2Cl)C1=O. The summed E-state index contributed by atoms with van der Waals surface area (Å²) in [4.78, 5) is 24.3. The molecule has 1 aromatic carbocycles. The summed E-state index contributed by atoms with van der Waals surface area (Å²) in [5.41, 5.74) is 0.766. The van der Waals surface area contributed by atoms with Gasteiger partial charge in [0, 0.05) is 5.02 Å². The number of imide groups is 1. The molecule has 1 aliphatic heterocycles. The van der Waals surface area contributed by atoms with E-state index in [9.17, 15) is 9.59 Å². The number of halogens is 1. The first-order valence-corrected chi connectivity index (χ1v) is 5.32. The minimum Gasteiger partial charge on any atom is -0.326 e. The molecule has 1 aromatic rings. The molecule has 0 bridgehead atoms. The van der Waals surface area contributed by atoms with Gasteiger partial charge in [0.15, 0.2) is 0 Å². The van der Waals surface area contributed by atoms with Crippen LogP contribution in [-0.2, 0) is 11.3 Å². The highest BCUT2D eigenvalue weighted by Crippen LogP contribution is 2.19. The molecule has 0 saturated carbocycles. The van der Waals surface area contributed by atoms with Crippen LogP contribution < -0.4 is 5.32 Å². The predicted octanol–water partition coefficient (Wildman–Crippen LogP) is 1.78. The lowest BCUT2D eigenvalue weighted by molar-refractivity contribution is -0.127. The van der Waals surface area contributed by atoms with E-state index < -0.39 is 6.04 Å². The van der Waals surface area contributed by atoms with E-state index >= 15 is 0 Å². The van der Waals surface area contributed by atoms with Gasteiger partial charge in [-0.2, -0.15) is 0 Å². The highest BCUT2D eigenvalue weighted by molar-refractivity contribution is 6.31. The smallest absolute Gasteiger partial charge is 0.325 e. The monoisotopic (exact) mass is 238 g/mol. The zero-order valence-corrected chi connectivity index (χ0v) is 9.49. The second-order valence-corrected chi connectivity index (χ2v) is 4.09. The van der Waals surface area contributed by atoms with E-state index in [2.05, 4.69) is 5.32 Å². The molecule has 84 valence electrons. The van der Waals surface area contributed by atoms with E-state index in [1.165, 1.54) is 4.90 Å². The van der Waals surface area contributed by atoms with Crippen LogP contribution in [0, 0.1) is 0 Å². The van der Waals surface area contributed by atoms with Crippen LogP contribution in [0.2, 0.25) is 5.02 Å². The fourth-order valence-corrected chi connectivity index (χ4v) is 1.80. The van der Waals surface area contributed by atoms with Crippen LogP contribution in [0.3, 0.4) is 0 Å². The molecule has 16 heavy (non-hydrogen) atoms. The number of amides is 3. The molecule has 1 atom stereocenters. The van der Waals surface area contributed by atoms with Gasteiger partial charge in [0.25, 0.3) is 5.91 Å². The highest BCUT2D eigenvalue weighted by Gasteiger charge is 2.34. The summed E-state index contributed by atoms with van der Waals surface area (Å²) in [5.74, 6) is -0.218. The number of rotatable bonds is 2. The second-order valence-electron chi connectivity index (χ2n) is 3.69. The molecule has 3 amide bonds. The maximum atomic E-state index is 11.6. The van der Waals surface area contributed by atoms with Gasteiger partial charge in [0.2, 0.25) is 0 Å². The number of urea groups is 1. The van der Waals surface area contributed by atoms with Crippen LogP contribution in [-0.4, -0.2) is 22.9 Å². The first-order valence-electron chi connectivity index (χ1n) is 4.95. The average Bonchev–Trinajstić information content (AvgIpc) is 2.48. The Balaban J connectivity index is 2.20. The van der Waals surface area contributed by atoms with Gasteiger partial charge in [-0.1, -0.05) is 29.8 Å². The molecule has 0 aromatic heterocycles. The predicted molar refractivity (Wildman–Crippen MR) is 60.0 cm³/mol. The maximum Gasteiger partial charge on any atom is 0.325 e. The quantitative estimate of drug-likeness (QED) is 0.799. The number of benzene rings is 1. The molecule has 1 heterocycles. The van der Waals surface area contributed by atoms with Gasteiger partial charge in [0.05, 0.1) is 6.54 Å². The lowest BCUT2D eigenvalue weighted by atomic mass is 10.2. The van der Waals surface area contributed by atoms with Crippen molar-refractivity contribution in [3.05, 3.63) is 34.9 Å². The summed E-state index contributed by atoms with van der Waals surface area (Å²) >= 11 is 5.96. The minimum absolute atomic E-state index is 0.217. The van der Waals surface area contributed by atoms with Crippen molar-refractivity contribution in [3.8, 4) is 0 Å². The van der Waals surface area contributed by atoms with Crippen molar-refractivity contribution in [1.82, 2.24) is 10.2 Å². The number of carbonyl (C=O) groups excluding carboxylic acids is 2. The van der Waals surface area contributed by atoms with Crippen molar-refractivity contribution in [2.75, 3.05) is 0 Å². The minimum atomic E-state index is -0.449. The van der Waals surface area contributed by atoms with Crippen molar-refractivity contribution in [3.63, 3.8) is 0 Å². The Hall–Kier alpha value is -1.55. The van der Waals surface area contributed by atoms with Crippen molar-refractivity contribution >= 4 is 23.5 Å². The Kier molecular flexibility index (Phi) is 2.83. The van der Waals surface area contributed by atoms with Gasteiger partial charge in [0.1, 0.15) is 6.04 Å². The molecule has 1 aliphatic rings. The first kappa shape index (κ1) is 11.0. The standard InChI is InChI=1S/C11H11ClN2O2/c1-7-10(15)14(11(16)13-7)6-8-4-2-3-5-9(8)12/h2-5,7H,6H2,1H3,(H,13,16). The molecule has 2 rings (SSSR count). The molecular formula is C11H11ClN2O2. The van der Waals surface area contributed by atoms with Gasteiger partial charge in [-0.3, -0.25) is 9.69 Å². The van der Waals surface area contributed by atoms with E-state index in [0.29, 0.717) is 5.02 Å². The molecule has 1 saturated heterocycles. The summed E-state index contributed by atoms with van der Waals surface area (Å²) in [7, 11) is 0. The maximum absolute atomic E-state index is 11.6. The second kappa shape index (κ2) is 4.14. The van der Waals surface area contributed by atoms with Crippen LogP contribution in [0.15, 0.2) is 24.3 Å². The van der Waals surface area contributed by atoms with E-state index in [1.54, 1.807) is 25.1 Å². The Bertz CT molecular complexity index is 447. The van der Waals surface area contributed by atoms with Gasteiger partial charge < -0.3 is 5.32 Å². The van der Waals surface area contributed by atoms with Crippen molar-refractivity contribution in [1.29, 1.82) is 0 Å². The lowest BCUT2D eigenvalue weighted by Gasteiger charge is -2.13. The fraction of sp³-hybridized carbons (Fsp3) is 0.273. The van der Waals surface area contributed by atoms with Crippen LogP contribution in [0.4, 0.5) is 4.79 Å². The Labute approximate surface area is 98.2 Å². The molecule has 0 radical (unpaired) electrons. The Morgan fingerprint density at radius 2 is 2.06 bits per heavy atom. The first-order chi connectivity index (χ1) is 7.59. The third-order valence-electron chi connectivity index (χ3n) is 2.51. The van der Waals surface area contributed by atoms with Gasteiger partial charge in [-0.05, 0) is 18.6 Å². The van der Waals surface area contributed by atoms with Crippen LogP contribution in [0.25, 0.3) is 0 Å². The Morgan fingerprint density at radius 1 is 1.38 bits per heavy atom. The molecule has 0 spiro atoms. The van der Waals surface area contributed by atoms with Gasteiger partial charge in [-0.25, -0.2) is 4.79 Å². The third-order valence-corrected chi connectivity index (χ3v) is 2.88. The number of nitrogens with zero attached hydrogens (tertiary/aromatic N) is 1. The topological polar surface area (TPSA) is 49.4 Å². The van der Waals surface area contributed by atoms with E-state index in [0.717, 1.165) is 5.56 Å². The number of hydrogen-bond acceptors (Lipinski definition) is 2. The van der Waals surface area contributed by atoms with Gasteiger partial charge >= 0.3 is 6.03 Å². The largest absolute Gasteiger partial charge is 0.326 e. The highest BCUT2D eigenvalue weighted by atomic mass is 35.5. The number of carbonyl (C=O) groups is 2. The summed E-state index contributed by atoms with van der Waals surface area (Å²) in [6.07, 6.45) is 0. The summed E-state index contributed by atoms with van der Waals surface area (Å²) in [5, 5.41) is 3.11. The number of nitrogens with one attached hydrogen (secondary N) is 1.